The predicted octanol–water partition coefficient (Wildman–Crippen LogP) is 5.59. The summed E-state index contributed by atoms with van der Waals surface area (Å²) in [5.74, 6) is -0.529. The Morgan fingerprint density at radius 3 is 2.34 bits per heavy atom. The Morgan fingerprint density at radius 1 is 0.966 bits per heavy atom. The Hall–Kier alpha value is -2.06. The van der Waals surface area contributed by atoms with E-state index in [4.69, 9.17) is 23.2 Å². The number of carbonyl (C=O) groups is 1. The van der Waals surface area contributed by atoms with E-state index < -0.39 is 22.5 Å². The summed E-state index contributed by atoms with van der Waals surface area (Å²) in [6, 6.07) is 19.4. The Bertz CT molecular complexity index is 1140. The van der Waals surface area contributed by atoms with Crippen molar-refractivity contribution in [2.75, 3.05) is 16.2 Å². The molecule has 0 saturated carbocycles. The number of hydrogen-bond acceptors (Lipinski definition) is 3. The molecule has 0 atom stereocenters. The van der Waals surface area contributed by atoms with E-state index in [0.717, 1.165) is 8.78 Å². The highest BCUT2D eigenvalue weighted by Crippen LogP contribution is 2.35. The van der Waals surface area contributed by atoms with Gasteiger partial charge in [-0.1, -0.05) is 69.5 Å². The van der Waals surface area contributed by atoms with Gasteiger partial charge in [0.1, 0.15) is 6.54 Å². The van der Waals surface area contributed by atoms with Crippen LogP contribution in [0.2, 0.25) is 10.0 Å². The number of rotatable bonds is 6. The highest BCUT2D eigenvalue weighted by atomic mass is 79.9. The van der Waals surface area contributed by atoms with Crippen molar-refractivity contribution in [3.63, 3.8) is 0 Å². The number of nitrogens with one attached hydrogen (secondary N) is 1. The second kappa shape index (κ2) is 9.17. The molecule has 0 aromatic heterocycles. The summed E-state index contributed by atoms with van der Waals surface area (Å²) in [6.07, 6.45) is 0. The van der Waals surface area contributed by atoms with E-state index in [1.165, 1.54) is 18.2 Å². The van der Waals surface area contributed by atoms with E-state index in [0.29, 0.717) is 5.69 Å². The average molecular weight is 514 g/mol. The average Bonchev–Trinajstić information content (AvgIpc) is 2.69. The molecule has 0 unspecified atom stereocenters. The van der Waals surface area contributed by atoms with Crippen LogP contribution in [0.1, 0.15) is 0 Å². The van der Waals surface area contributed by atoms with E-state index >= 15 is 0 Å². The molecule has 5 nitrogen and oxygen atoms in total. The highest BCUT2D eigenvalue weighted by molar-refractivity contribution is 9.10. The van der Waals surface area contributed by atoms with E-state index in [2.05, 4.69) is 21.2 Å². The van der Waals surface area contributed by atoms with Gasteiger partial charge in [-0.25, -0.2) is 8.42 Å². The molecule has 3 aromatic rings. The molecule has 0 radical (unpaired) electrons. The number of anilines is 2. The zero-order chi connectivity index (χ0) is 21.0. The summed E-state index contributed by atoms with van der Waals surface area (Å²) < 4.78 is 28.3. The molecular formula is C20H15BrCl2N2O3S. The second-order valence-electron chi connectivity index (χ2n) is 5.96. The second-order valence-corrected chi connectivity index (χ2v) is 9.52. The topological polar surface area (TPSA) is 66.5 Å². The van der Waals surface area contributed by atoms with Crippen LogP contribution in [0.3, 0.4) is 0 Å². The van der Waals surface area contributed by atoms with Crippen molar-refractivity contribution in [3.05, 3.63) is 87.3 Å². The first-order valence-electron chi connectivity index (χ1n) is 8.36. The lowest BCUT2D eigenvalue weighted by molar-refractivity contribution is -0.114. The summed E-state index contributed by atoms with van der Waals surface area (Å²) in [5, 5.41) is 2.92. The van der Waals surface area contributed by atoms with Crippen LogP contribution in [0.5, 0.6) is 0 Å². The lowest BCUT2D eigenvalue weighted by atomic mass is 10.3. The fourth-order valence-corrected chi connectivity index (χ4v) is 4.90. The molecule has 0 aliphatic rings. The quantitative estimate of drug-likeness (QED) is 0.467. The summed E-state index contributed by atoms with van der Waals surface area (Å²) in [4.78, 5) is 12.7. The van der Waals surface area contributed by atoms with Gasteiger partial charge in [-0.15, -0.1) is 0 Å². The van der Waals surface area contributed by atoms with Gasteiger partial charge in [-0.2, -0.15) is 0 Å². The van der Waals surface area contributed by atoms with Crippen LogP contribution < -0.4 is 9.62 Å². The van der Waals surface area contributed by atoms with Gasteiger partial charge in [0.2, 0.25) is 5.91 Å². The SMILES string of the molecule is O=C(CN(c1cccc(Cl)c1Cl)S(=O)(=O)c1ccccc1)Nc1cccc(Br)c1. The number of amides is 1. The van der Waals surface area contributed by atoms with Gasteiger partial charge in [0.05, 0.1) is 20.6 Å². The van der Waals surface area contributed by atoms with E-state index in [1.807, 2.05) is 6.07 Å². The minimum absolute atomic E-state index is 0.0336. The van der Waals surface area contributed by atoms with Crippen LogP contribution in [0.25, 0.3) is 0 Å². The zero-order valence-electron chi connectivity index (χ0n) is 14.8. The molecule has 1 amide bonds. The summed E-state index contributed by atoms with van der Waals surface area (Å²) in [5.41, 5.74) is 0.644. The zero-order valence-corrected chi connectivity index (χ0v) is 18.8. The summed E-state index contributed by atoms with van der Waals surface area (Å²) in [7, 11) is -4.07. The predicted molar refractivity (Wildman–Crippen MR) is 120 cm³/mol. The maximum absolute atomic E-state index is 13.3. The first kappa shape index (κ1) is 21.6. The van der Waals surface area contributed by atoms with Crippen molar-refractivity contribution < 1.29 is 13.2 Å². The molecule has 0 aliphatic carbocycles. The van der Waals surface area contributed by atoms with Crippen molar-refractivity contribution in [3.8, 4) is 0 Å². The molecule has 150 valence electrons. The van der Waals surface area contributed by atoms with E-state index in [1.54, 1.807) is 48.5 Å². The number of hydrogen-bond donors (Lipinski definition) is 1. The van der Waals surface area contributed by atoms with Crippen molar-refractivity contribution in [1.82, 2.24) is 0 Å². The van der Waals surface area contributed by atoms with Gasteiger partial charge in [-0.3, -0.25) is 9.10 Å². The van der Waals surface area contributed by atoms with Crippen molar-refractivity contribution >= 4 is 66.4 Å². The van der Waals surface area contributed by atoms with Gasteiger partial charge in [0, 0.05) is 10.2 Å². The molecule has 9 heteroatoms. The van der Waals surface area contributed by atoms with Crippen molar-refractivity contribution in [2.45, 2.75) is 4.90 Å². The van der Waals surface area contributed by atoms with Crippen molar-refractivity contribution in [2.24, 2.45) is 0 Å². The largest absolute Gasteiger partial charge is 0.324 e. The lowest BCUT2D eigenvalue weighted by Crippen LogP contribution is -2.38. The molecular weight excluding hydrogens is 499 g/mol. The van der Waals surface area contributed by atoms with E-state index in [-0.39, 0.29) is 20.6 Å². The maximum Gasteiger partial charge on any atom is 0.264 e. The number of nitrogens with zero attached hydrogens (tertiary/aromatic N) is 1. The number of sulfonamides is 1. The Labute approximate surface area is 187 Å². The fourth-order valence-electron chi connectivity index (χ4n) is 2.60. The van der Waals surface area contributed by atoms with Gasteiger partial charge in [-0.05, 0) is 42.5 Å². The third-order valence-corrected chi connectivity index (χ3v) is 7.00. The molecule has 3 rings (SSSR count). The Balaban J connectivity index is 1.99. The minimum Gasteiger partial charge on any atom is -0.324 e. The van der Waals surface area contributed by atoms with Crippen LogP contribution in [0.4, 0.5) is 11.4 Å². The number of benzene rings is 3. The maximum atomic E-state index is 13.3. The third-order valence-electron chi connectivity index (χ3n) is 3.93. The summed E-state index contributed by atoms with van der Waals surface area (Å²) in [6.45, 7) is -0.482. The minimum atomic E-state index is -4.07. The van der Waals surface area contributed by atoms with Gasteiger partial charge < -0.3 is 5.32 Å². The monoisotopic (exact) mass is 512 g/mol. The molecule has 0 saturated heterocycles. The number of carbonyl (C=O) groups excluding carboxylic acids is 1. The first-order valence-corrected chi connectivity index (χ1v) is 11.3. The summed E-state index contributed by atoms with van der Waals surface area (Å²) >= 11 is 15.7. The molecule has 0 fully saturated rings. The van der Waals surface area contributed by atoms with Gasteiger partial charge in [0.15, 0.2) is 0 Å². The fraction of sp³-hybridized carbons (Fsp3) is 0.0500. The van der Waals surface area contributed by atoms with E-state index in [9.17, 15) is 13.2 Å². The third kappa shape index (κ3) is 5.11. The van der Waals surface area contributed by atoms with Crippen LogP contribution >= 0.6 is 39.1 Å². The smallest absolute Gasteiger partial charge is 0.264 e. The van der Waals surface area contributed by atoms with Crippen molar-refractivity contribution in [1.29, 1.82) is 0 Å². The molecule has 3 aromatic carbocycles. The first-order chi connectivity index (χ1) is 13.8. The Kier molecular flexibility index (Phi) is 6.85. The highest BCUT2D eigenvalue weighted by Gasteiger charge is 2.29. The molecule has 0 spiro atoms. The lowest BCUT2D eigenvalue weighted by Gasteiger charge is -2.25. The molecule has 1 N–H and O–H groups in total. The molecule has 29 heavy (non-hydrogen) atoms. The standard InChI is InChI=1S/C20H15BrCl2N2O3S/c21-14-6-4-7-15(12-14)24-19(26)13-25(18-11-5-10-17(22)20(18)23)29(27,28)16-8-2-1-3-9-16/h1-12H,13H2,(H,24,26). The molecule has 0 heterocycles. The van der Waals surface area contributed by atoms with Crippen LogP contribution in [-0.2, 0) is 14.8 Å². The van der Waals surface area contributed by atoms with Crippen LogP contribution in [0.15, 0.2) is 82.2 Å². The van der Waals surface area contributed by atoms with Crippen LogP contribution in [-0.4, -0.2) is 20.9 Å². The normalized spacial score (nSPS) is 11.1. The van der Waals surface area contributed by atoms with Gasteiger partial charge in [0.25, 0.3) is 10.0 Å². The van der Waals surface area contributed by atoms with Crippen LogP contribution in [0, 0.1) is 0 Å². The van der Waals surface area contributed by atoms with Gasteiger partial charge >= 0.3 is 0 Å². The molecule has 0 aliphatic heterocycles. The molecule has 0 bridgehead atoms. The Morgan fingerprint density at radius 2 is 1.66 bits per heavy atom. The number of halogens is 3.